The molecule has 0 bridgehead atoms. The molecule has 1 aromatic rings. The molecule has 0 amide bonds. The highest BCUT2D eigenvalue weighted by atomic mass is 19.1. The monoisotopic (exact) mass is 178 g/mol. The number of hydrogen-bond donors (Lipinski definition) is 0. The highest BCUT2D eigenvalue weighted by Gasteiger charge is 2.55. The van der Waals surface area contributed by atoms with Gasteiger partial charge in [-0.2, -0.15) is 0 Å². The predicted molar refractivity (Wildman–Crippen MR) is 47.1 cm³/mol. The van der Waals surface area contributed by atoms with Gasteiger partial charge in [-0.05, 0) is 36.5 Å². The summed E-state index contributed by atoms with van der Waals surface area (Å²) in [5.41, 5.74) is 1.50. The number of halogens is 1. The van der Waals surface area contributed by atoms with Crippen LogP contribution in [0.2, 0.25) is 0 Å². The van der Waals surface area contributed by atoms with Crippen molar-refractivity contribution >= 4 is 0 Å². The highest BCUT2D eigenvalue weighted by molar-refractivity contribution is 5.26. The molecule has 1 nitrogen and oxygen atoms in total. The van der Waals surface area contributed by atoms with E-state index < -0.39 is 0 Å². The van der Waals surface area contributed by atoms with Crippen LogP contribution in [0.1, 0.15) is 24.3 Å². The van der Waals surface area contributed by atoms with E-state index in [0.717, 1.165) is 19.4 Å². The highest BCUT2D eigenvalue weighted by Crippen LogP contribution is 2.54. The molecule has 1 spiro atoms. The summed E-state index contributed by atoms with van der Waals surface area (Å²) in [5.74, 6) is 0.448. The summed E-state index contributed by atoms with van der Waals surface area (Å²) in [7, 11) is 0. The van der Waals surface area contributed by atoms with Gasteiger partial charge in [0.2, 0.25) is 0 Å². The number of hydrogen-bond acceptors (Lipinski definition) is 1. The van der Waals surface area contributed by atoms with Crippen molar-refractivity contribution in [2.45, 2.75) is 24.4 Å². The average Bonchev–Trinajstić information content (AvgIpc) is 2.83. The molecule has 2 aliphatic rings. The minimum atomic E-state index is -0.152. The molecule has 0 unspecified atom stereocenters. The Balaban J connectivity index is 1.75. The van der Waals surface area contributed by atoms with Crippen molar-refractivity contribution in [3.63, 3.8) is 0 Å². The molecule has 68 valence electrons. The van der Waals surface area contributed by atoms with Crippen LogP contribution in [-0.2, 0) is 4.74 Å². The second-order valence-electron chi connectivity index (χ2n) is 4.13. The van der Waals surface area contributed by atoms with Gasteiger partial charge in [0.25, 0.3) is 0 Å². The van der Waals surface area contributed by atoms with Gasteiger partial charge in [-0.15, -0.1) is 0 Å². The van der Waals surface area contributed by atoms with E-state index in [-0.39, 0.29) is 11.4 Å². The van der Waals surface area contributed by atoms with Gasteiger partial charge in [0.05, 0.1) is 12.2 Å². The molecule has 1 saturated heterocycles. The van der Waals surface area contributed by atoms with Crippen molar-refractivity contribution < 1.29 is 9.13 Å². The molecule has 1 aromatic carbocycles. The van der Waals surface area contributed by atoms with E-state index in [9.17, 15) is 4.39 Å². The number of benzene rings is 1. The van der Waals surface area contributed by atoms with Gasteiger partial charge in [-0.25, -0.2) is 4.39 Å². The minimum absolute atomic E-state index is 0.152. The normalized spacial score (nSPS) is 35.9. The quantitative estimate of drug-likeness (QED) is 0.602. The predicted octanol–water partition coefficient (Wildman–Crippen LogP) is 2.47. The summed E-state index contributed by atoms with van der Waals surface area (Å²) in [6.07, 6.45) is 2.25. The summed E-state index contributed by atoms with van der Waals surface area (Å²) < 4.78 is 17.9. The van der Waals surface area contributed by atoms with Crippen molar-refractivity contribution in [1.82, 2.24) is 0 Å². The lowest BCUT2D eigenvalue weighted by Crippen LogP contribution is -2.30. The van der Waals surface area contributed by atoms with Crippen LogP contribution in [0.25, 0.3) is 0 Å². The van der Waals surface area contributed by atoms with Gasteiger partial charge >= 0.3 is 0 Å². The van der Waals surface area contributed by atoms with E-state index in [4.69, 9.17) is 4.74 Å². The van der Waals surface area contributed by atoms with Gasteiger partial charge in [0.1, 0.15) is 5.82 Å². The smallest absolute Gasteiger partial charge is 0.123 e. The van der Waals surface area contributed by atoms with Gasteiger partial charge < -0.3 is 4.74 Å². The Labute approximate surface area is 76.5 Å². The number of epoxide rings is 1. The molecule has 13 heavy (non-hydrogen) atoms. The lowest BCUT2D eigenvalue weighted by Gasteiger charge is -2.33. The summed E-state index contributed by atoms with van der Waals surface area (Å²) in [6, 6.07) is 6.84. The Kier molecular flexibility index (Phi) is 1.34. The molecule has 1 heterocycles. The first-order valence-electron chi connectivity index (χ1n) is 4.67. The van der Waals surface area contributed by atoms with Crippen LogP contribution < -0.4 is 0 Å². The van der Waals surface area contributed by atoms with Crippen LogP contribution in [0, 0.1) is 5.82 Å². The Morgan fingerprint density at radius 1 is 1.23 bits per heavy atom. The molecule has 0 atom stereocenters. The zero-order chi connectivity index (χ0) is 8.89. The fourth-order valence-electron chi connectivity index (χ4n) is 2.15. The van der Waals surface area contributed by atoms with E-state index in [1.54, 1.807) is 0 Å². The topological polar surface area (TPSA) is 12.5 Å². The summed E-state index contributed by atoms with van der Waals surface area (Å²) in [4.78, 5) is 0. The van der Waals surface area contributed by atoms with Crippen molar-refractivity contribution in [2.24, 2.45) is 0 Å². The third-order valence-corrected chi connectivity index (χ3v) is 3.13. The summed E-state index contributed by atoms with van der Waals surface area (Å²) >= 11 is 0. The summed E-state index contributed by atoms with van der Waals surface area (Å²) in [6.45, 7) is 0.935. The molecule has 1 aliphatic heterocycles. The number of ether oxygens (including phenoxy) is 1. The molecule has 0 aromatic heterocycles. The maximum atomic E-state index is 12.6. The van der Waals surface area contributed by atoms with E-state index in [1.165, 1.54) is 17.7 Å². The Hall–Kier alpha value is -0.890. The van der Waals surface area contributed by atoms with Gasteiger partial charge in [-0.1, -0.05) is 12.1 Å². The van der Waals surface area contributed by atoms with E-state index in [2.05, 4.69) is 0 Å². The van der Waals surface area contributed by atoms with Crippen molar-refractivity contribution in [1.29, 1.82) is 0 Å². The Morgan fingerprint density at radius 3 is 2.38 bits per heavy atom. The van der Waals surface area contributed by atoms with Crippen molar-refractivity contribution in [3.8, 4) is 0 Å². The fourth-order valence-corrected chi connectivity index (χ4v) is 2.15. The maximum Gasteiger partial charge on any atom is 0.123 e. The molecule has 0 N–H and O–H groups in total. The maximum absolute atomic E-state index is 12.6. The first-order valence-corrected chi connectivity index (χ1v) is 4.67. The second-order valence-corrected chi connectivity index (χ2v) is 4.13. The molecular weight excluding hydrogens is 167 g/mol. The van der Waals surface area contributed by atoms with Crippen LogP contribution in [0.3, 0.4) is 0 Å². The molecule has 2 heteroatoms. The molecule has 1 saturated carbocycles. The average molecular weight is 178 g/mol. The Bertz CT molecular complexity index is 318. The lowest BCUT2D eigenvalue weighted by molar-refractivity contribution is 0.170. The van der Waals surface area contributed by atoms with Crippen LogP contribution in [0.15, 0.2) is 24.3 Å². The van der Waals surface area contributed by atoms with Gasteiger partial charge in [-0.3, -0.25) is 0 Å². The first kappa shape index (κ1) is 7.51. The summed E-state index contributed by atoms with van der Waals surface area (Å²) in [5, 5.41) is 0. The lowest BCUT2D eigenvalue weighted by atomic mass is 9.71. The SMILES string of the molecule is Fc1ccc(C2CC3(CO3)C2)cc1. The van der Waals surface area contributed by atoms with Crippen LogP contribution in [-0.4, -0.2) is 12.2 Å². The van der Waals surface area contributed by atoms with E-state index in [1.807, 2.05) is 12.1 Å². The van der Waals surface area contributed by atoms with Crippen LogP contribution in [0.5, 0.6) is 0 Å². The zero-order valence-electron chi connectivity index (χ0n) is 7.29. The number of rotatable bonds is 1. The van der Waals surface area contributed by atoms with E-state index >= 15 is 0 Å². The third-order valence-electron chi connectivity index (χ3n) is 3.13. The Morgan fingerprint density at radius 2 is 1.85 bits per heavy atom. The standard InChI is InChI=1S/C11H11FO/c12-10-3-1-8(2-4-10)9-5-11(6-9)7-13-11/h1-4,9H,5-7H2. The molecule has 0 radical (unpaired) electrons. The molecule has 2 fully saturated rings. The molecule has 1 aliphatic carbocycles. The minimum Gasteiger partial charge on any atom is -0.370 e. The zero-order valence-corrected chi connectivity index (χ0v) is 7.29. The van der Waals surface area contributed by atoms with Crippen molar-refractivity contribution in [3.05, 3.63) is 35.6 Å². The largest absolute Gasteiger partial charge is 0.370 e. The van der Waals surface area contributed by atoms with Crippen molar-refractivity contribution in [2.75, 3.05) is 6.61 Å². The second kappa shape index (κ2) is 2.32. The molecule has 3 rings (SSSR count). The van der Waals surface area contributed by atoms with Crippen LogP contribution >= 0.6 is 0 Å². The fraction of sp³-hybridized carbons (Fsp3) is 0.455. The van der Waals surface area contributed by atoms with Crippen LogP contribution in [0.4, 0.5) is 4.39 Å². The van der Waals surface area contributed by atoms with Gasteiger partial charge in [0.15, 0.2) is 0 Å². The third kappa shape index (κ3) is 1.17. The first-order chi connectivity index (χ1) is 6.27. The van der Waals surface area contributed by atoms with Gasteiger partial charge in [0, 0.05) is 0 Å². The molecular formula is C11H11FO. The van der Waals surface area contributed by atoms with E-state index in [0.29, 0.717) is 5.92 Å².